The lowest BCUT2D eigenvalue weighted by Gasteiger charge is -2.17. The molecule has 1 aliphatic heterocycles. The van der Waals surface area contributed by atoms with E-state index in [1.54, 1.807) is 0 Å². The smallest absolute Gasteiger partial charge is 0.172 e. The number of H-pyrrole nitrogens is 1. The van der Waals surface area contributed by atoms with E-state index in [-0.39, 0.29) is 6.04 Å². The fraction of sp³-hybridized carbons (Fsp3) is 0.368. The number of aromatic nitrogens is 5. The maximum Gasteiger partial charge on any atom is 0.172 e. The van der Waals surface area contributed by atoms with Crippen LogP contribution in [0.25, 0.3) is 11.4 Å². The normalized spacial score (nSPS) is 15.2. The van der Waals surface area contributed by atoms with Crippen LogP contribution in [0.2, 0.25) is 0 Å². The minimum absolute atomic E-state index is 0.0428. The molecule has 7 nitrogen and oxygen atoms in total. The number of hydrogen-bond acceptors (Lipinski definition) is 6. The van der Waals surface area contributed by atoms with Crippen LogP contribution in [0, 0.1) is 6.92 Å². The lowest BCUT2D eigenvalue weighted by molar-refractivity contribution is 0.708. The van der Waals surface area contributed by atoms with E-state index in [0.717, 1.165) is 60.5 Å². The van der Waals surface area contributed by atoms with Crippen LogP contribution in [0.1, 0.15) is 35.9 Å². The number of aromatic amines is 1. The topological polar surface area (TPSA) is 91.4 Å². The van der Waals surface area contributed by atoms with Crippen molar-refractivity contribution in [3.63, 3.8) is 0 Å². The molecule has 0 saturated heterocycles. The summed E-state index contributed by atoms with van der Waals surface area (Å²) in [5.41, 5.74) is 3.33. The first-order valence-corrected chi connectivity index (χ1v) is 9.02. The number of aryl methyl sites for hydroxylation is 1. The van der Waals surface area contributed by atoms with Crippen molar-refractivity contribution >= 4 is 5.82 Å². The first-order chi connectivity index (χ1) is 12.7. The summed E-state index contributed by atoms with van der Waals surface area (Å²) in [7, 11) is 0. The number of nitrogens with one attached hydrogen (secondary N) is 3. The molecule has 1 atom stereocenters. The number of fused-ring (bicyclic) bond motifs is 1. The average Bonchev–Trinajstić information content (AvgIpc) is 2.96. The van der Waals surface area contributed by atoms with Crippen LogP contribution in [0.3, 0.4) is 0 Å². The van der Waals surface area contributed by atoms with Crippen LogP contribution in [-0.2, 0) is 12.8 Å². The van der Waals surface area contributed by atoms with E-state index in [1.807, 2.05) is 44.2 Å². The molecule has 7 heteroatoms. The fourth-order valence-corrected chi connectivity index (χ4v) is 3.20. The summed E-state index contributed by atoms with van der Waals surface area (Å²) in [6.45, 7) is 5.82. The molecule has 26 heavy (non-hydrogen) atoms. The molecule has 134 valence electrons. The third-order valence-corrected chi connectivity index (χ3v) is 4.57. The van der Waals surface area contributed by atoms with E-state index in [4.69, 9.17) is 9.97 Å². The molecule has 1 aromatic carbocycles. The van der Waals surface area contributed by atoms with E-state index in [1.165, 1.54) is 5.56 Å². The van der Waals surface area contributed by atoms with Gasteiger partial charge in [-0.2, -0.15) is 5.10 Å². The van der Waals surface area contributed by atoms with Crippen LogP contribution >= 0.6 is 0 Å². The molecule has 0 fully saturated rings. The predicted molar refractivity (Wildman–Crippen MR) is 101 cm³/mol. The fourth-order valence-electron chi connectivity index (χ4n) is 3.20. The first kappa shape index (κ1) is 16.7. The van der Waals surface area contributed by atoms with Crippen molar-refractivity contribution < 1.29 is 0 Å². The molecule has 0 radical (unpaired) electrons. The van der Waals surface area contributed by atoms with Crippen LogP contribution in [0.4, 0.5) is 5.82 Å². The SMILES string of the molecule is Cc1nc(C(C)Nc2nc(-c3ccccc3)nc3c2CCNCC3)n[nH]1. The molecule has 0 spiro atoms. The Morgan fingerprint density at radius 1 is 1.04 bits per heavy atom. The molecule has 4 rings (SSSR count). The van der Waals surface area contributed by atoms with Gasteiger partial charge in [0.15, 0.2) is 11.6 Å². The van der Waals surface area contributed by atoms with Crippen LogP contribution < -0.4 is 10.6 Å². The van der Waals surface area contributed by atoms with Gasteiger partial charge in [-0.15, -0.1) is 0 Å². The van der Waals surface area contributed by atoms with Gasteiger partial charge in [0.1, 0.15) is 11.6 Å². The molecule has 2 aromatic heterocycles. The number of benzene rings is 1. The standard InChI is InChI=1S/C19H23N7/c1-12(17-22-13(2)25-26-17)21-19-15-8-10-20-11-9-16(15)23-18(24-19)14-6-4-3-5-7-14/h3-7,12,20H,8-11H2,1-2H3,(H,21,23,24)(H,22,25,26). The zero-order chi connectivity index (χ0) is 17.9. The van der Waals surface area contributed by atoms with Gasteiger partial charge in [0.25, 0.3) is 0 Å². The molecular weight excluding hydrogens is 326 g/mol. The second-order valence-electron chi connectivity index (χ2n) is 6.58. The minimum atomic E-state index is -0.0428. The number of hydrogen-bond donors (Lipinski definition) is 3. The van der Waals surface area contributed by atoms with Gasteiger partial charge in [-0.05, 0) is 26.8 Å². The summed E-state index contributed by atoms with van der Waals surface area (Å²) in [6, 6.07) is 10.1. The lowest BCUT2D eigenvalue weighted by Crippen LogP contribution is -2.16. The maximum absolute atomic E-state index is 4.86. The second-order valence-corrected chi connectivity index (χ2v) is 6.58. The average molecular weight is 349 g/mol. The van der Waals surface area contributed by atoms with Crippen molar-refractivity contribution in [1.82, 2.24) is 30.5 Å². The van der Waals surface area contributed by atoms with Crippen molar-refractivity contribution in [2.75, 3.05) is 18.4 Å². The van der Waals surface area contributed by atoms with Gasteiger partial charge < -0.3 is 10.6 Å². The van der Waals surface area contributed by atoms with E-state index in [9.17, 15) is 0 Å². The van der Waals surface area contributed by atoms with E-state index < -0.39 is 0 Å². The third kappa shape index (κ3) is 3.43. The largest absolute Gasteiger partial charge is 0.360 e. The molecule has 3 N–H and O–H groups in total. The summed E-state index contributed by atoms with van der Waals surface area (Å²) >= 11 is 0. The molecule has 1 unspecified atom stereocenters. The van der Waals surface area contributed by atoms with Crippen LogP contribution in [0.15, 0.2) is 30.3 Å². The van der Waals surface area contributed by atoms with Gasteiger partial charge in [-0.1, -0.05) is 30.3 Å². The Bertz CT molecular complexity index is 888. The minimum Gasteiger partial charge on any atom is -0.360 e. The summed E-state index contributed by atoms with van der Waals surface area (Å²) in [4.78, 5) is 14.1. The van der Waals surface area contributed by atoms with Gasteiger partial charge in [0.05, 0.1) is 11.7 Å². The van der Waals surface area contributed by atoms with Gasteiger partial charge in [0, 0.05) is 24.1 Å². The molecule has 1 aliphatic rings. The van der Waals surface area contributed by atoms with Crippen molar-refractivity contribution in [3.8, 4) is 11.4 Å². The maximum atomic E-state index is 4.86. The Hall–Kier alpha value is -2.80. The summed E-state index contributed by atoms with van der Waals surface area (Å²) in [6.07, 6.45) is 1.81. The van der Waals surface area contributed by atoms with Crippen LogP contribution in [-0.4, -0.2) is 38.2 Å². The molecule has 3 heterocycles. The van der Waals surface area contributed by atoms with Crippen molar-refractivity contribution in [1.29, 1.82) is 0 Å². The summed E-state index contributed by atoms with van der Waals surface area (Å²) in [5.74, 6) is 3.19. The van der Waals surface area contributed by atoms with E-state index in [2.05, 4.69) is 25.8 Å². The van der Waals surface area contributed by atoms with Crippen molar-refractivity contribution in [2.45, 2.75) is 32.7 Å². The van der Waals surface area contributed by atoms with Gasteiger partial charge in [-0.3, -0.25) is 5.10 Å². The molecule has 0 bridgehead atoms. The Morgan fingerprint density at radius 2 is 1.85 bits per heavy atom. The van der Waals surface area contributed by atoms with Crippen LogP contribution in [0.5, 0.6) is 0 Å². The number of nitrogens with zero attached hydrogens (tertiary/aromatic N) is 4. The highest BCUT2D eigenvalue weighted by molar-refractivity contribution is 5.60. The van der Waals surface area contributed by atoms with E-state index in [0.29, 0.717) is 0 Å². The predicted octanol–water partition coefficient (Wildman–Crippen LogP) is 2.43. The molecule has 3 aromatic rings. The lowest BCUT2D eigenvalue weighted by atomic mass is 10.1. The Kier molecular flexibility index (Phi) is 4.62. The highest BCUT2D eigenvalue weighted by Crippen LogP contribution is 2.26. The zero-order valence-electron chi connectivity index (χ0n) is 15.1. The Balaban J connectivity index is 1.73. The highest BCUT2D eigenvalue weighted by atomic mass is 15.2. The van der Waals surface area contributed by atoms with Gasteiger partial charge in [-0.25, -0.2) is 15.0 Å². The highest BCUT2D eigenvalue weighted by Gasteiger charge is 2.20. The second kappa shape index (κ2) is 7.21. The Morgan fingerprint density at radius 3 is 2.62 bits per heavy atom. The molecule has 0 aliphatic carbocycles. The quantitative estimate of drug-likeness (QED) is 0.670. The first-order valence-electron chi connectivity index (χ1n) is 9.02. The molecule has 0 amide bonds. The monoisotopic (exact) mass is 349 g/mol. The third-order valence-electron chi connectivity index (χ3n) is 4.57. The molecular formula is C19H23N7. The Labute approximate surface area is 152 Å². The van der Waals surface area contributed by atoms with Crippen molar-refractivity contribution in [2.24, 2.45) is 0 Å². The summed E-state index contributed by atoms with van der Waals surface area (Å²) in [5, 5.41) is 14.1. The number of rotatable bonds is 4. The van der Waals surface area contributed by atoms with Gasteiger partial charge in [0.2, 0.25) is 0 Å². The summed E-state index contributed by atoms with van der Waals surface area (Å²) < 4.78 is 0. The van der Waals surface area contributed by atoms with E-state index >= 15 is 0 Å². The zero-order valence-corrected chi connectivity index (χ0v) is 15.1. The molecule has 0 saturated carbocycles. The number of anilines is 1. The van der Waals surface area contributed by atoms with Gasteiger partial charge >= 0.3 is 0 Å². The van der Waals surface area contributed by atoms with Crippen molar-refractivity contribution in [3.05, 3.63) is 53.2 Å².